The maximum Gasteiger partial charge on any atom is 0.337 e. The molecule has 0 bridgehead atoms. The number of nitrogens with one attached hydrogen (secondary N) is 1. The van der Waals surface area contributed by atoms with Crippen LogP contribution in [0, 0.1) is 0 Å². The highest BCUT2D eigenvalue weighted by Gasteiger charge is 2.17. The van der Waals surface area contributed by atoms with Crippen molar-refractivity contribution in [1.29, 1.82) is 0 Å². The number of carbonyl (C=O) groups is 2. The fraction of sp³-hybridized carbons (Fsp3) is 0.455. The summed E-state index contributed by atoms with van der Waals surface area (Å²) in [5, 5.41) is 11.7. The van der Waals surface area contributed by atoms with Gasteiger partial charge in [0.25, 0.3) is 5.91 Å². The zero-order chi connectivity index (χ0) is 22.5. The molecule has 31 heavy (non-hydrogen) atoms. The minimum atomic E-state index is -0.958. The Kier molecular flexibility index (Phi) is 11.7. The molecule has 0 radical (unpaired) electrons. The fourth-order valence-corrected chi connectivity index (χ4v) is 3.56. The molecule has 0 spiro atoms. The number of nitrogens with zero attached hydrogens (tertiary/aromatic N) is 3. The van der Waals surface area contributed by atoms with E-state index in [2.05, 4.69) is 47.1 Å². The highest BCUT2D eigenvalue weighted by Crippen LogP contribution is 2.14. The quantitative estimate of drug-likeness (QED) is 0.518. The van der Waals surface area contributed by atoms with Crippen molar-refractivity contribution in [2.75, 3.05) is 26.2 Å². The molecule has 0 unspecified atom stereocenters. The predicted molar refractivity (Wildman–Crippen MR) is 127 cm³/mol. The van der Waals surface area contributed by atoms with Crippen LogP contribution in [0.5, 0.6) is 0 Å². The smallest absolute Gasteiger partial charge is 0.337 e. The van der Waals surface area contributed by atoms with E-state index in [0.717, 1.165) is 30.5 Å². The van der Waals surface area contributed by atoms with Gasteiger partial charge in [0.15, 0.2) is 0 Å². The number of hydrogen-bond donors (Lipinski definition) is 2. The SMILES string of the molecule is C1CCNCC1.O=C(O)c1ccc(Br)nc1.O=C(c1ccc(Br)nc1)N1CCCCC1. The summed E-state index contributed by atoms with van der Waals surface area (Å²) in [7, 11) is 0. The Bertz CT molecular complexity index is 795. The molecule has 2 N–H and O–H groups in total. The largest absolute Gasteiger partial charge is 0.478 e. The van der Waals surface area contributed by atoms with Gasteiger partial charge in [-0.15, -0.1) is 0 Å². The van der Waals surface area contributed by atoms with Crippen molar-refractivity contribution in [2.45, 2.75) is 38.5 Å². The molecule has 0 atom stereocenters. The lowest BCUT2D eigenvalue weighted by atomic mass is 10.1. The number of carbonyl (C=O) groups excluding carboxylic acids is 1. The van der Waals surface area contributed by atoms with Crippen molar-refractivity contribution in [3.8, 4) is 0 Å². The number of pyridine rings is 2. The lowest BCUT2D eigenvalue weighted by Crippen LogP contribution is -2.35. The summed E-state index contributed by atoms with van der Waals surface area (Å²) < 4.78 is 1.40. The molecule has 1 amide bonds. The molecular weight excluding hydrogens is 528 g/mol. The summed E-state index contributed by atoms with van der Waals surface area (Å²) in [6.45, 7) is 4.27. The lowest BCUT2D eigenvalue weighted by Gasteiger charge is -2.26. The average Bonchev–Trinajstić information content (AvgIpc) is 2.82. The van der Waals surface area contributed by atoms with Crippen molar-refractivity contribution in [3.05, 3.63) is 57.0 Å². The zero-order valence-electron chi connectivity index (χ0n) is 17.4. The first-order valence-electron chi connectivity index (χ1n) is 10.4. The first-order valence-corrected chi connectivity index (χ1v) is 12.0. The van der Waals surface area contributed by atoms with Crippen LogP contribution in [0.1, 0.15) is 59.2 Å². The van der Waals surface area contributed by atoms with Crippen molar-refractivity contribution in [3.63, 3.8) is 0 Å². The second kappa shape index (κ2) is 14.3. The number of rotatable bonds is 2. The van der Waals surface area contributed by atoms with E-state index in [9.17, 15) is 9.59 Å². The molecule has 0 aliphatic carbocycles. The van der Waals surface area contributed by atoms with Gasteiger partial charge in [0.05, 0.1) is 11.1 Å². The number of likely N-dealkylation sites (tertiary alicyclic amines) is 1. The topological polar surface area (TPSA) is 95.4 Å². The number of aromatic nitrogens is 2. The number of halogens is 2. The Balaban J connectivity index is 0.000000183. The molecule has 2 aromatic heterocycles. The molecule has 4 heterocycles. The molecule has 2 aliphatic rings. The third kappa shape index (κ3) is 9.88. The van der Waals surface area contributed by atoms with Gasteiger partial charge in [0.2, 0.25) is 0 Å². The molecular formula is C22H28Br2N4O3. The Morgan fingerprint density at radius 3 is 1.71 bits per heavy atom. The minimum absolute atomic E-state index is 0.106. The van der Waals surface area contributed by atoms with E-state index in [1.807, 2.05) is 11.0 Å². The van der Waals surface area contributed by atoms with Crippen molar-refractivity contribution < 1.29 is 14.7 Å². The maximum atomic E-state index is 12.0. The minimum Gasteiger partial charge on any atom is -0.478 e. The highest BCUT2D eigenvalue weighted by atomic mass is 79.9. The predicted octanol–water partition coefficient (Wildman–Crippen LogP) is 4.77. The van der Waals surface area contributed by atoms with Gasteiger partial charge in [0.1, 0.15) is 9.21 Å². The van der Waals surface area contributed by atoms with Gasteiger partial charge in [-0.2, -0.15) is 0 Å². The van der Waals surface area contributed by atoms with Gasteiger partial charge in [-0.1, -0.05) is 6.42 Å². The Morgan fingerprint density at radius 2 is 1.32 bits per heavy atom. The monoisotopic (exact) mass is 554 g/mol. The van der Waals surface area contributed by atoms with Crippen LogP contribution in [-0.2, 0) is 0 Å². The van der Waals surface area contributed by atoms with Gasteiger partial charge < -0.3 is 15.3 Å². The van der Waals surface area contributed by atoms with Crippen LogP contribution in [-0.4, -0.2) is 58.0 Å². The second-order valence-electron chi connectivity index (χ2n) is 7.21. The summed E-state index contributed by atoms with van der Waals surface area (Å²) in [6.07, 6.45) is 10.6. The second-order valence-corrected chi connectivity index (χ2v) is 8.83. The molecule has 2 fully saturated rings. The summed E-state index contributed by atoms with van der Waals surface area (Å²) in [6, 6.07) is 6.69. The normalized spacial score (nSPS) is 15.6. The summed E-state index contributed by atoms with van der Waals surface area (Å²) in [4.78, 5) is 32.0. The number of aromatic carboxylic acids is 1. The van der Waals surface area contributed by atoms with Crippen molar-refractivity contribution in [2.24, 2.45) is 0 Å². The molecule has 2 saturated heterocycles. The van der Waals surface area contributed by atoms with Crippen molar-refractivity contribution in [1.82, 2.24) is 20.2 Å². The van der Waals surface area contributed by atoms with E-state index in [4.69, 9.17) is 5.11 Å². The summed E-state index contributed by atoms with van der Waals surface area (Å²) >= 11 is 6.35. The van der Waals surface area contributed by atoms with Crippen LogP contribution in [0.4, 0.5) is 0 Å². The highest BCUT2D eigenvalue weighted by molar-refractivity contribution is 9.10. The molecule has 168 valence electrons. The van der Waals surface area contributed by atoms with Crippen LogP contribution >= 0.6 is 31.9 Å². The van der Waals surface area contributed by atoms with Crippen LogP contribution in [0.3, 0.4) is 0 Å². The van der Waals surface area contributed by atoms with E-state index in [-0.39, 0.29) is 11.5 Å². The molecule has 2 aliphatic heterocycles. The van der Waals surface area contributed by atoms with E-state index in [1.54, 1.807) is 18.3 Å². The Labute approximate surface area is 199 Å². The number of carboxylic acids is 1. The van der Waals surface area contributed by atoms with E-state index < -0.39 is 5.97 Å². The number of piperidine rings is 2. The van der Waals surface area contributed by atoms with Crippen LogP contribution in [0.2, 0.25) is 0 Å². The number of hydrogen-bond acceptors (Lipinski definition) is 5. The molecule has 4 rings (SSSR count). The number of amides is 1. The molecule has 0 aromatic carbocycles. The Morgan fingerprint density at radius 1 is 0.806 bits per heavy atom. The summed E-state index contributed by atoms with van der Waals surface area (Å²) in [5.74, 6) is -0.852. The first kappa shape index (κ1) is 25.4. The zero-order valence-corrected chi connectivity index (χ0v) is 20.6. The van der Waals surface area contributed by atoms with Gasteiger partial charge >= 0.3 is 5.97 Å². The number of carboxylic acid groups (broad SMARTS) is 1. The Hall–Kier alpha value is -1.84. The third-order valence-corrected chi connectivity index (χ3v) is 5.74. The van der Waals surface area contributed by atoms with Gasteiger partial charge in [0, 0.05) is 25.5 Å². The van der Waals surface area contributed by atoms with Gasteiger partial charge in [-0.3, -0.25) is 4.79 Å². The third-order valence-electron chi connectivity index (χ3n) is 4.80. The first-order chi connectivity index (χ1) is 15.0. The lowest BCUT2D eigenvalue weighted by molar-refractivity contribution is 0.0693. The van der Waals surface area contributed by atoms with Crippen LogP contribution in [0.15, 0.2) is 45.9 Å². The molecule has 9 heteroatoms. The van der Waals surface area contributed by atoms with E-state index in [1.165, 1.54) is 51.0 Å². The fourth-order valence-electron chi connectivity index (χ4n) is 3.09. The average molecular weight is 556 g/mol. The molecule has 0 saturated carbocycles. The molecule has 7 nitrogen and oxygen atoms in total. The maximum absolute atomic E-state index is 12.0. The van der Waals surface area contributed by atoms with Crippen LogP contribution < -0.4 is 5.32 Å². The van der Waals surface area contributed by atoms with Gasteiger partial charge in [-0.05, 0) is 101 Å². The van der Waals surface area contributed by atoms with E-state index in [0.29, 0.717) is 10.2 Å². The van der Waals surface area contributed by atoms with Gasteiger partial charge in [-0.25, -0.2) is 14.8 Å². The summed E-state index contributed by atoms with van der Waals surface area (Å²) in [5.41, 5.74) is 0.878. The van der Waals surface area contributed by atoms with E-state index >= 15 is 0 Å². The van der Waals surface area contributed by atoms with Crippen molar-refractivity contribution >= 4 is 43.7 Å². The molecule has 2 aromatic rings. The standard InChI is InChI=1S/C11H13BrN2O.C6H4BrNO2.C5H11N/c12-10-5-4-9(8-13-10)11(15)14-6-2-1-3-7-14;7-5-2-1-4(3-8-5)6(9)10;1-2-4-6-5-3-1/h4-5,8H,1-3,6-7H2;1-3H,(H,9,10);6H,1-5H2. The van der Waals surface area contributed by atoms with Crippen LogP contribution in [0.25, 0.3) is 0 Å².